The maximum absolute atomic E-state index is 12.7. The highest BCUT2D eigenvalue weighted by Gasteiger charge is 2.32. The van der Waals surface area contributed by atoms with Crippen LogP contribution in [-0.4, -0.2) is 49.0 Å². The Morgan fingerprint density at radius 3 is 2.79 bits per heavy atom. The minimum Gasteiger partial charge on any atom is -0.357 e. The number of nitrogens with zero attached hydrogens (tertiary/aromatic N) is 2. The van der Waals surface area contributed by atoms with Crippen molar-refractivity contribution < 1.29 is 4.79 Å². The topological polar surface area (TPSA) is 56.7 Å². The number of guanidine groups is 1. The second-order valence-electron chi connectivity index (χ2n) is 8.43. The number of aliphatic imine (C=N–C) groups is 1. The number of benzene rings is 1. The number of nitrogens with one attached hydrogen (secondary N) is 2. The van der Waals surface area contributed by atoms with Crippen LogP contribution in [0.5, 0.6) is 0 Å². The Hall–Kier alpha value is -2.04. The summed E-state index contributed by atoms with van der Waals surface area (Å²) in [5.74, 6) is 1.88. The van der Waals surface area contributed by atoms with Crippen molar-refractivity contribution in [2.45, 2.75) is 64.8 Å². The fraction of sp³-hybridized carbons (Fsp3) is 0.652. The maximum atomic E-state index is 12.7. The first-order valence-corrected chi connectivity index (χ1v) is 11.0. The molecule has 2 unspecified atom stereocenters. The SMILES string of the molecule is CCNC(=NCC(C)c1cccc(C)c1)NC1CCN(C(=O)C2CCCC2)C1. The van der Waals surface area contributed by atoms with Gasteiger partial charge in [0.15, 0.2) is 5.96 Å². The van der Waals surface area contributed by atoms with Gasteiger partial charge in [-0.3, -0.25) is 9.79 Å². The molecule has 3 rings (SSSR count). The summed E-state index contributed by atoms with van der Waals surface area (Å²) >= 11 is 0. The van der Waals surface area contributed by atoms with Gasteiger partial charge in [0, 0.05) is 44.1 Å². The molecule has 1 heterocycles. The molecule has 1 aliphatic carbocycles. The van der Waals surface area contributed by atoms with Crippen LogP contribution in [-0.2, 0) is 4.79 Å². The number of hydrogen-bond donors (Lipinski definition) is 2. The molecule has 1 aromatic carbocycles. The van der Waals surface area contributed by atoms with Crippen molar-refractivity contribution in [3.05, 3.63) is 35.4 Å². The van der Waals surface area contributed by atoms with Crippen LogP contribution < -0.4 is 10.6 Å². The Morgan fingerprint density at radius 1 is 1.29 bits per heavy atom. The van der Waals surface area contributed by atoms with E-state index in [1.165, 1.54) is 24.0 Å². The molecule has 5 heteroatoms. The Morgan fingerprint density at radius 2 is 2.07 bits per heavy atom. The van der Waals surface area contributed by atoms with Crippen LogP contribution in [0.2, 0.25) is 0 Å². The number of aryl methyl sites for hydroxylation is 1. The first-order valence-electron chi connectivity index (χ1n) is 11.0. The average molecular weight is 385 g/mol. The molecule has 0 aromatic heterocycles. The molecule has 1 aliphatic heterocycles. The van der Waals surface area contributed by atoms with E-state index in [1.807, 2.05) is 0 Å². The Kier molecular flexibility index (Phi) is 7.35. The number of likely N-dealkylation sites (tertiary alicyclic amines) is 1. The molecule has 1 aromatic rings. The highest BCUT2D eigenvalue weighted by atomic mass is 16.2. The zero-order chi connectivity index (χ0) is 19.9. The Labute approximate surface area is 170 Å². The van der Waals surface area contributed by atoms with Gasteiger partial charge in [-0.05, 0) is 38.7 Å². The van der Waals surface area contributed by atoms with Gasteiger partial charge in [-0.2, -0.15) is 0 Å². The van der Waals surface area contributed by atoms with Crippen molar-refractivity contribution >= 4 is 11.9 Å². The van der Waals surface area contributed by atoms with Crippen LogP contribution in [0.1, 0.15) is 63.0 Å². The van der Waals surface area contributed by atoms with Crippen molar-refractivity contribution in [1.82, 2.24) is 15.5 Å². The molecule has 1 amide bonds. The molecule has 1 saturated heterocycles. The fourth-order valence-corrected chi connectivity index (χ4v) is 4.33. The summed E-state index contributed by atoms with van der Waals surface area (Å²) in [4.78, 5) is 19.5. The quantitative estimate of drug-likeness (QED) is 0.583. The molecule has 5 nitrogen and oxygen atoms in total. The normalized spacial score (nSPS) is 21.8. The van der Waals surface area contributed by atoms with Crippen molar-refractivity contribution in [2.75, 3.05) is 26.2 Å². The van der Waals surface area contributed by atoms with Gasteiger partial charge in [0.2, 0.25) is 5.91 Å². The van der Waals surface area contributed by atoms with E-state index in [2.05, 4.69) is 60.6 Å². The van der Waals surface area contributed by atoms with Gasteiger partial charge in [-0.15, -0.1) is 0 Å². The molecular weight excluding hydrogens is 348 g/mol. The number of rotatable bonds is 6. The molecule has 0 spiro atoms. The number of carbonyl (C=O) groups excluding carboxylic acids is 1. The van der Waals surface area contributed by atoms with Crippen LogP contribution in [0.3, 0.4) is 0 Å². The van der Waals surface area contributed by atoms with Crippen LogP contribution in [0.25, 0.3) is 0 Å². The van der Waals surface area contributed by atoms with E-state index in [1.54, 1.807) is 0 Å². The summed E-state index contributed by atoms with van der Waals surface area (Å²) in [6.45, 7) is 9.69. The predicted molar refractivity (Wildman–Crippen MR) is 116 cm³/mol. The van der Waals surface area contributed by atoms with Crippen LogP contribution >= 0.6 is 0 Å². The average Bonchev–Trinajstić information content (AvgIpc) is 3.38. The van der Waals surface area contributed by atoms with E-state index < -0.39 is 0 Å². The van der Waals surface area contributed by atoms with E-state index in [-0.39, 0.29) is 12.0 Å². The molecule has 28 heavy (non-hydrogen) atoms. The van der Waals surface area contributed by atoms with Crippen molar-refractivity contribution in [1.29, 1.82) is 0 Å². The summed E-state index contributed by atoms with van der Waals surface area (Å²) in [7, 11) is 0. The third-order valence-corrected chi connectivity index (χ3v) is 6.02. The van der Waals surface area contributed by atoms with Gasteiger partial charge in [0.05, 0.1) is 0 Å². The lowest BCUT2D eigenvalue weighted by Gasteiger charge is -2.21. The summed E-state index contributed by atoms with van der Waals surface area (Å²) in [5, 5.41) is 6.92. The maximum Gasteiger partial charge on any atom is 0.225 e. The van der Waals surface area contributed by atoms with Crippen LogP contribution in [0.4, 0.5) is 0 Å². The lowest BCUT2D eigenvalue weighted by molar-refractivity contribution is -0.134. The molecule has 2 fully saturated rings. The van der Waals surface area contributed by atoms with E-state index >= 15 is 0 Å². The second-order valence-corrected chi connectivity index (χ2v) is 8.43. The molecule has 2 N–H and O–H groups in total. The smallest absolute Gasteiger partial charge is 0.225 e. The Balaban J connectivity index is 1.54. The molecule has 0 radical (unpaired) electrons. The fourth-order valence-electron chi connectivity index (χ4n) is 4.33. The largest absolute Gasteiger partial charge is 0.357 e. The van der Waals surface area contributed by atoms with Gasteiger partial charge in [0.1, 0.15) is 0 Å². The third kappa shape index (κ3) is 5.49. The highest BCUT2D eigenvalue weighted by molar-refractivity contribution is 5.81. The number of carbonyl (C=O) groups is 1. The first kappa shape index (κ1) is 20.7. The summed E-state index contributed by atoms with van der Waals surface area (Å²) in [6.07, 6.45) is 5.57. The van der Waals surface area contributed by atoms with E-state index in [9.17, 15) is 4.79 Å². The molecular formula is C23H36N4O. The van der Waals surface area contributed by atoms with Gasteiger partial charge in [-0.25, -0.2) is 0 Å². The van der Waals surface area contributed by atoms with Crippen molar-refractivity contribution in [2.24, 2.45) is 10.9 Å². The minimum absolute atomic E-state index is 0.274. The molecule has 2 aliphatic rings. The monoisotopic (exact) mass is 384 g/mol. The van der Waals surface area contributed by atoms with E-state index in [0.29, 0.717) is 11.8 Å². The lowest BCUT2D eigenvalue weighted by Crippen LogP contribution is -2.45. The zero-order valence-corrected chi connectivity index (χ0v) is 17.7. The zero-order valence-electron chi connectivity index (χ0n) is 17.7. The van der Waals surface area contributed by atoms with E-state index in [4.69, 9.17) is 4.99 Å². The van der Waals surface area contributed by atoms with Gasteiger partial charge in [0.25, 0.3) is 0 Å². The number of hydrogen-bond acceptors (Lipinski definition) is 2. The van der Waals surface area contributed by atoms with Crippen LogP contribution in [0.15, 0.2) is 29.3 Å². The minimum atomic E-state index is 0.274. The molecule has 1 saturated carbocycles. The second kappa shape index (κ2) is 9.94. The Bertz CT molecular complexity index is 681. The predicted octanol–water partition coefficient (Wildman–Crippen LogP) is 3.44. The summed E-state index contributed by atoms with van der Waals surface area (Å²) in [6, 6.07) is 8.95. The first-order chi connectivity index (χ1) is 13.6. The third-order valence-electron chi connectivity index (χ3n) is 6.02. The number of amides is 1. The highest BCUT2D eigenvalue weighted by Crippen LogP contribution is 2.27. The van der Waals surface area contributed by atoms with Crippen LogP contribution in [0, 0.1) is 12.8 Å². The molecule has 0 bridgehead atoms. The van der Waals surface area contributed by atoms with Crippen molar-refractivity contribution in [3.63, 3.8) is 0 Å². The van der Waals surface area contributed by atoms with E-state index in [0.717, 1.165) is 51.4 Å². The van der Waals surface area contributed by atoms with Gasteiger partial charge in [-0.1, -0.05) is 49.6 Å². The van der Waals surface area contributed by atoms with Crippen molar-refractivity contribution in [3.8, 4) is 0 Å². The summed E-state index contributed by atoms with van der Waals surface area (Å²) in [5.41, 5.74) is 2.62. The molecule has 154 valence electrons. The van der Waals surface area contributed by atoms with Gasteiger partial charge < -0.3 is 15.5 Å². The van der Waals surface area contributed by atoms with Gasteiger partial charge >= 0.3 is 0 Å². The lowest BCUT2D eigenvalue weighted by atomic mass is 10.00. The standard InChI is InChI=1S/C23H36N4O/c1-4-24-23(25-15-18(3)20-11-7-8-17(2)14-20)26-21-12-13-27(16-21)22(28)19-9-5-6-10-19/h7-8,11,14,18-19,21H,4-6,9-10,12-13,15-16H2,1-3H3,(H2,24,25,26). The molecule has 2 atom stereocenters. The summed E-state index contributed by atoms with van der Waals surface area (Å²) < 4.78 is 0.